The van der Waals surface area contributed by atoms with Crippen molar-refractivity contribution in [3.63, 3.8) is 0 Å². The first kappa shape index (κ1) is 12.8. The SMILES string of the molecule is O=C(c1cccs1)c1ncnc2c1nnn2-c1ccccc1. The zero-order chi connectivity index (χ0) is 14.9. The van der Waals surface area contributed by atoms with Gasteiger partial charge in [0, 0.05) is 0 Å². The van der Waals surface area contributed by atoms with Crippen LogP contribution in [-0.4, -0.2) is 30.7 Å². The lowest BCUT2D eigenvalue weighted by atomic mass is 10.2. The van der Waals surface area contributed by atoms with E-state index in [1.807, 2.05) is 41.8 Å². The van der Waals surface area contributed by atoms with E-state index in [4.69, 9.17) is 0 Å². The third kappa shape index (κ3) is 1.99. The summed E-state index contributed by atoms with van der Waals surface area (Å²) < 4.78 is 1.60. The molecule has 0 N–H and O–H groups in total. The van der Waals surface area contributed by atoms with E-state index >= 15 is 0 Å². The van der Waals surface area contributed by atoms with Crippen molar-refractivity contribution in [2.24, 2.45) is 0 Å². The number of fused-ring (bicyclic) bond motifs is 1. The van der Waals surface area contributed by atoms with Crippen molar-refractivity contribution in [3.05, 3.63) is 64.7 Å². The Morgan fingerprint density at radius 2 is 1.91 bits per heavy atom. The van der Waals surface area contributed by atoms with E-state index in [0.29, 0.717) is 16.0 Å². The van der Waals surface area contributed by atoms with Gasteiger partial charge in [0.2, 0.25) is 5.78 Å². The first-order valence-electron chi connectivity index (χ1n) is 6.54. The lowest BCUT2D eigenvalue weighted by molar-refractivity contribution is 0.103. The molecular formula is C15H9N5OS. The lowest BCUT2D eigenvalue weighted by Gasteiger charge is -2.01. The van der Waals surface area contributed by atoms with E-state index in [0.717, 1.165) is 5.69 Å². The van der Waals surface area contributed by atoms with Crippen LogP contribution in [0.5, 0.6) is 0 Å². The van der Waals surface area contributed by atoms with Gasteiger partial charge in [0.15, 0.2) is 11.2 Å². The Balaban J connectivity index is 1.89. The molecule has 1 aromatic carbocycles. The molecule has 0 aliphatic carbocycles. The zero-order valence-electron chi connectivity index (χ0n) is 11.2. The molecule has 0 radical (unpaired) electrons. The summed E-state index contributed by atoms with van der Waals surface area (Å²) in [5.74, 6) is -0.164. The first-order valence-corrected chi connectivity index (χ1v) is 7.42. The summed E-state index contributed by atoms with van der Waals surface area (Å²) in [5, 5.41) is 10.1. The fraction of sp³-hybridized carbons (Fsp3) is 0. The Labute approximate surface area is 129 Å². The van der Waals surface area contributed by atoms with Gasteiger partial charge < -0.3 is 0 Å². The number of ketones is 1. The maximum atomic E-state index is 12.5. The molecule has 0 amide bonds. The third-order valence-corrected chi connectivity index (χ3v) is 4.07. The summed E-state index contributed by atoms with van der Waals surface area (Å²) >= 11 is 1.37. The average molecular weight is 307 g/mol. The van der Waals surface area contributed by atoms with Crippen LogP contribution in [0.1, 0.15) is 15.4 Å². The Bertz CT molecular complexity index is 947. The highest BCUT2D eigenvalue weighted by molar-refractivity contribution is 7.12. The molecule has 0 spiro atoms. The van der Waals surface area contributed by atoms with E-state index in [1.54, 1.807) is 10.7 Å². The monoisotopic (exact) mass is 307 g/mol. The molecule has 106 valence electrons. The summed E-state index contributed by atoms with van der Waals surface area (Å²) in [6.45, 7) is 0. The predicted octanol–water partition coefficient (Wildman–Crippen LogP) is 2.50. The van der Waals surface area contributed by atoms with Crippen LogP contribution in [0.15, 0.2) is 54.2 Å². The summed E-state index contributed by atoms with van der Waals surface area (Å²) in [6.07, 6.45) is 1.37. The van der Waals surface area contributed by atoms with Crippen molar-refractivity contribution >= 4 is 28.3 Å². The van der Waals surface area contributed by atoms with Gasteiger partial charge in [-0.1, -0.05) is 29.5 Å². The molecule has 6 nitrogen and oxygen atoms in total. The molecule has 7 heteroatoms. The van der Waals surface area contributed by atoms with Crippen LogP contribution in [0.2, 0.25) is 0 Å². The quantitative estimate of drug-likeness (QED) is 0.544. The topological polar surface area (TPSA) is 73.6 Å². The van der Waals surface area contributed by atoms with Gasteiger partial charge in [-0.05, 0) is 23.6 Å². The number of thiophene rings is 1. The highest BCUT2D eigenvalue weighted by Gasteiger charge is 2.20. The number of aromatic nitrogens is 5. The second-order valence-corrected chi connectivity index (χ2v) is 5.49. The van der Waals surface area contributed by atoms with Crippen molar-refractivity contribution < 1.29 is 4.79 Å². The summed E-state index contributed by atoms with van der Waals surface area (Å²) in [5.41, 5.74) is 2.03. The van der Waals surface area contributed by atoms with Crippen molar-refractivity contribution in [3.8, 4) is 5.69 Å². The van der Waals surface area contributed by atoms with Gasteiger partial charge in [0.05, 0.1) is 10.6 Å². The van der Waals surface area contributed by atoms with Crippen LogP contribution < -0.4 is 0 Å². The Morgan fingerprint density at radius 3 is 2.68 bits per heavy atom. The molecule has 4 rings (SSSR count). The number of benzene rings is 1. The van der Waals surface area contributed by atoms with Crippen molar-refractivity contribution in [2.75, 3.05) is 0 Å². The van der Waals surface area contributed by atoms with Gasteiger partial charge in [0.1, 0.15) is 12.0 Å². The molecule has 0 aliphatic rings. The predicted molar refractivity (Wildman–Crippen MR) is 82.2 cm³/mol. The maximum absolute atomic E-state index is 12.5. The lowest BCUT2D eigenvalue weighted by Crippen LogP contribution is -2.04. The van der Waals surface area contributed by atoms with E-state index in [-0.39, 0.29) is 11.5 Å². The van der Waals surface area contributed by atoms with Crippen LogP contribution in [-0.2, 0) is 0 Å². The molecular weight excluding hydrogens is 298 g/mol. The molecule has 0 bridgehead atoms. The van der Waals surface area contributed by atoms with Gasteiger partial charge in [0.25, 0.3) is 0 Å². The van der Waals surface area contributed by atoms with E-state index < -0.39 is 0 Å². The van der Waals surface area contributed by atoms with Gasteiger partial charge in [-0.25, -0.2) is 9.97 Å². The standard InChI is InChI=1S/C15H9N5OS/c21-14(11-7-4-8-22-11)12-13-15(17-9-16-12)20(19-18-13)10-5-2-1-3-6-10/h1-9H. The summed E-state index contributed by atoms with van der Waals surface area (Å²) in [7, 11) is 0. The van der Waals surface area contributed by atoms with Gasteiger partial charge in [-0.2, -0.15) is 4.68 Å². The maximum Gasteiger partial charge on any atom is 0.223 e. The minimum atomic E-state index is -0.164. The van der Waals surface area contributed by atoms with Gasteiger partial charge in [-0.3, -0.25) is 4.79 Å². The van der Waals surface area contributed by atoms with E-state index in [1.165, 1.54) is 17.7 Å². The fourth-order valence-electron chi connectivity index (χ4n) is 2.18. The second kappa shape index (κ2) is 5.12. The highest BCUT2D eigenvalue weighted by Crippen LogP contribution is 2.20. The zero-order valence-corrected chi connectivity index (χ0v) is 12.1. The number of rotatable bonds is 3. The number of carbonyl (C=O) groups is 1. The number of carbonyl (C=O) groups excluding carboxylic acids is 1. The van der Waals surface area contributed by atoms with E-state index in [2.05, 4.69) is 20.3 Å². The first-order chi connectivity index (χ1) is 10.8. The summed E-state index contributed by atoms with van der Waals surface area (Å²) in [6, 6.07) is 13.1. The van der Waals surface area contributed by atoms with Crippen LogP contribution >= 0.6 is 11.3 Å². The molecule has 3 heterocycles. The number of hydrogen-bond acceptors (Lipinski definition) is 6. The normalized spacial score (nSPS) is 10.9. The molecule has 4 aromatic rings. The molecule has 0 aliphatic heterocycles. The van der Waals surface area contributed by atoms with Crippen molar-refractivity contribution in [1.82, 2.24) is 25.0 Å². The third-order valence-electron chi connectivity index (χ3n) is 3.20. The van der Waals surface area contributed by atoms with Crippen LogP contribution in [0.4, 0.5) is 0 Å². The fourth-order valence-corrected chi connectivity index (χ4v) is 2.85. The van der Waals surface area contributed by atoms with E-state index in [9.17, 15) is 4.79 Å². The highest BCUT2D eigenvalue weighted by atomic mass is 32.1. The molecule has 0 atom stereocenters. The Morgan fingerprint density at radius 1 is 1.05 bits per heavy atom. The molecule has 0 fully saturated rings. The van der Waals surface area contributed by atoms with Gasteiger partial charge >= 0.3 is 0 Å². The summed E-state index contributed by atoms with van der Waals surface area (Å²) in [4.78, 5) is 21.4. The van der Waals surface area contributed by atoms with Crippen LogP contribution in [0, 0.1) is 0 Å². The average Bonchev–Trinajstić information content (AvgIpc) is 3.24. The smallest absolute Gasteiger partial charge is 0.223 e. The second-order valence-electron chi connectivity index (χ2n) is 4.54. The minimum Gasteiger partial charge on any atom is -0.286 e. The minimum absolute atomic E-state index is 0.164. The molecule has 0 saturated heterocycles. The van der Waals surface area contributed by atoms with Crippen molar-refractivity contribution in [2.45, 2.75) is 0 Å². The number of para-hydroxylation sites is 1. The number of hydrogen-bond donors (Lipinski definition) is 0. The van der Waals surface area contributed by atoms with Crippen molar-refractivity contribution in [1.29, 1.82) is 0 Å². The molecule has 0 saturated carbocycles. The largest absolute Gasteiger partial charge is 0.286 e. The molecule has 3 aromatic heterocycles. The van der Waals surface area contributed by atoms with Gasteiger partial charge in [-0.15, -0.1) is 16.4 Å². The van der Waals surface area contributed by atoms with Crippen LogP contribution in [0.25, 0.3) is 16.9 Å². The van der Waals surface area contributed by atoms with Crippen LogP contribution in [0.3, 0.4) is 0 Å². The number of nitrogens with zero attached hydrogens (tertiary/aromatic N) is 5. The Hall–Kier alpha value is -2.93. The Kier molecular flexibility index (Phi) is 2.97. The molecule has 22 heavy (non-hydrogen) atoms. The molecule has 0 unspecified atom stereocenters.